The molecule has 0 unspecified atom stereocenters. The molecule has 1 aliphatic heterocycles. The maximum Gasteiger partial charge on any atom is 0.262 e. The molecule has 0 aliphatic carbocycles. The Hall–Kier alpha value is -0.910. The molecule has 84 valence electrons. The Morgan fingerprint density at radius 3 is 2.38 bits per heavy atom. The topological polar surface area (TPSA) is 37.4 Å². The molecule has 1 aliphatic rings. The fourth-order valence-electron chi connectivity index (χ4n) is 1.94. The van der Waals surface area contributed by atoms with E-state index in [9.17, 15) is 9.59 Å². The van der Waals surface area contributed by atoms with E-state index in [4.69, 9.17) is 0 Å². The van der Waals surface area contributed by atoms with Crippen LogP contribution >= 0.6 is 22.6 Å². The van der Waals surface area contributed by atoms with Crippen molar-refractivity contribution >= 4 is 34.4 Å². The fraction of sp³-hybridized carbons (Fsp3) is 0.333. The molecule has 2 amide bonds. The maximum absolute atomic E-state index is 12.1. The highest BCUT2D eigenvalue weighted by Crippen LogP contribution is 2.29. The summed E-state index contributed by atoms with van der Waals surface area (Å²) in [5.41, 5.74) is 2.11. The Bertz CT molecular complexity index is 494. The Balaban J connectivity index is 2.64. The van der Waals surface area contributed by atoms with Gasteiger partial charge in [-0.3, -0.25) is 14.5 Å². The maximum atomic E-state index is 12.1. The van der Waals surface area contributed by atoms with E-state index in [0.29, 0.717) is 11.1 Å². The van der Waals surface area contributed by atoms with Gasteiger partial charge in [0.05, 0.1) is 11.1 Å². The Morgan fingerprint density at radius 1 is 1.19 bits per heavy atom. The van der Waals surface area contributed by atoms with Crippen LogP contribution in [0.5, 0.6) is 0 Å². The van der Waals surface area contributed by atoms with Crippen LogP contribution in [0.4, 0.5) is 0 Å². The van der Waals surface area contributed by atoms with Crippen molar-refractivity contribution in [2.24, 2.45) is 0 Å². The zero-order chi connectivity index (χ0) is 12.0. The zero-order valence-electron chi connectivity index (χ0n) is 9.37. The number of amides is 2. The molecule has 1 aromatic carbocycles. The van der Waals surface area contributed by atoms with E-state index in [1.807, 2.05) is 26.8 Å². The minimum atomic E-state index is -0.170. The van der Waals surface area contributed by atoms with Crippen molar-refractivity contribution in [3.05, 3.63) is 32.4 Å². The molecule has 0 aromatic heterocycles. The second-order valence-electron chi connectivity index (χ2n) is 4.24. The predicted octanol–water partition coefficient (Wildman–Crippen LogP) is 2.60. The first kappa shape index (κ1) is 11.6. The van der Waals surface area contributed by atoms with Crippen LogP contribution in [0.15, 0.2) is 12.1 Å². The summed E-state index contributed by atoms with van der Waals surface area (Å²) in [6.07, 6.45) is 0. The van der Waals surface area contributed by atoms with Crippen molar-refractivity contribution in [2.45, 2.75) is 26.8 Å². The van der Waals surface area contributed by atoms with Crippen LogP contribution in [0.2, 0.25) is 0 Å². The first-order chi connectivity index (χ1) is 7.43. The molecule has 0 spiro atoms. The average molecular weight is 329 g/mol. The lowest BCUT2D eigenvalue weighted by Crippen LogP contribution is -2.36. The highest BCUT2D eigenvalue weighted by atomic mass is 127. The van der Waals surface area contributed by atoms with Crippen molar-refractivity contribution in [3.8, 4) is 0 Å². The van der Waals surface area contributed by atoms with Gasteiger partial charge in [0, 0.05) is 9.61 Å². The summed E-state index contributed by atoms with van der Waals surface area (Å²) in [5.74, 6) is -0.337. The van der Waals surface area contributed by atoms with Gasteiger partial charge in [0.2, 0.25) is 0 Å². The number of rotatable bonds is 1. The quantitative estimate of drug-likeness (QED) is 0.587. The van der Waals surface area contributed by atoms with Gasteiger partial charge in [-0.2, -0.15) is 0 Å². The second kappa shape index (κ2) is 3.84. The summed E-state index contributed by atoms with van der Waals surface area (Å²) in [4.78, 5) is 25.5. The van der Waals surface area contributed by atoms with Gasteiger partial charge >= 0.3 is 0 Å². The largest absolute Gasteiger partial charge is 0.272 e. The van der Waals surface area contributed by atoms with Crippen LogP contribution in [0.3, 0.4) is 0 Å². The number of aryl methyl sites for hydroxylation is 1. The van der Waals surface area contributed by atoms with Gasteiger partial charge in [-0.15, -0.1) is 0 Å². The van der Waals surface area contributed by atoms with Crippen molar-refractivity contribution in [1.29, 1.82) is 0 Å². The van der Waals surface area contributed by atoms with E-state index in [1.165, 1.54) is 4.90 Å². The van der Waals surface area contributed by atoms with E-state index in [2.05, 4.69) is 22.6 Å². The summed E-state index contributed by atoms with van der Waals surface area (Å²) in [5, 5.41) is 0. The van der Waals surface area contributed by atoms with E-state index < -0.39 is 0 Å². The molecule has 0 saturated carbocycles. The number of carbonyl (C=O) groups excluding carboxylic acids is 2. The number of benzene rings is 1. The Labute approximate surface area is 108 Å². The van der Waals surface area contributed by atoms with Crippen molar-refractivity contribution in [1.82, 2.24) is 4.90 Å². The molecule has 3 nitrogen and oxygen atoms in total. The molecule has 0 bridgehead atoms. The third-order valence-electron chi connectivity index (χ3n) is 2.63. The molecule has 0 N–H and O–H groups in total. The van der Waals surface area contributed by atoms with Gasteiger partial charge < -0.3 is 0 Å². The third kappa shape index (κ3) is 1.55. The first-order valence-corrected chi connectivity index (χ1v) is 6.19. The molecular formula is C12H12INO2. The molecule has 1 heterocycles. The highest BCUT2D eigenvalue weighted by molar-refractivity contribution is 14.1. The minimum absolute atomic E-state index is 0.0940. The molecular weight excluding hydrogens is 317 g/mol. The van der Waals surface area contributed by atoms with E-state index >= 15 is 0 Å². The first-order valence-electron chi connectivity index (χ1n) is 5.11. The lowest BCUT2D eigenvalue weighted by molar-refractivity contribution is 0.0609. The lowest BCUT2D eigenvalue weighted by atomic mass is 10.1. The molecule has 2 rings (SSSR count). The number of fused-ring (bicyclic) bond motifs is 1. The molecule has 0 radical (unpaired) electrons. The molecule has 4 heteroatoms. The number of halogens is 1. The van der Waals surface area contributed by atoms with Gasteiger partial charge in [-0.05, 0) is 61.1 Å². The van der Waals surface area contributed by atoms with Crippen LogP contribution < -0.4 is 0 Å². The number of carbonyl (C=O) groups is 2. The normalized spacial score (nSPS) is 14.9. The summed E-state index contributed by atoms with van der Waals surface area (Å²) in [6, 6.07) is 3.62. The summed E-state index contributed by atoms with van der Waals surface area (Å²) < 4.78 is 0.856. The van der Waals surface area contributed by atoms with Crippen molar-refractivity contribution < 1.29 is 9.59 Å². The van der Waals surface area contributed by atoms with Gasteiger partial charge in [-0.1, -0.05) is 0 Å². The molecule has 1 aromatic rings. The third-order valence-corrected chi connectivity index (χ3v) is 3.48. The number of hydrogen-bond donors (Lipinski definition) is 0. The Morgan fingerprint density at radius 2 is 1.81 bits per heavy atom. The summed E-state index contributed by atoms with van der Waals surface area (Å²) in [7, 11) is 0. The minimum Gasteiger partial charge on any atom is -0.272 e. The molecule has 0 atom stereocenters. The number of nitrogens with zero attached hydrogens (tertiary/aromatic N) is 1. The smallest absolute Gasteiger partial charge is 0.262 e. The molecule has 0 fully saturated rings. The summed E-state index contributed by atoms with van der Waals surface area (Å²) in [6.45, 7) is 5.63. The number of imide groups is 1. The van der Waals surface area contributed by atoms with E-state index in [1.54, 1.807) is 6.07 Å². The van der Waals surface area contributed by atoms with Crippen LogP contribution in [-0.2, 0) is 0 Å². The van der Waals surface area contributed by atoms with Gasteiger partial charge in [-0.25, -0.2) is 0 Å². The van der Waals surface area contributed by atoms with Crippen LogP contribution in [0, 0.1) is 10.5 Å². The van der Waals surface area contributed by atoms with Crippen molar-refractivity contribution in [3.63, 3.8) is 0 Å². The Kier molecular flexibility index (Phi) is 2.77. The lowest BCUT2D eigenvalue weighted by Gasteiger charge is -2.17. The van der Waals surface area contributed by atoms with E-state index in [-0.39, 0.29) is 17.9 Å². The zero-order valence-corrected chi connectivity index (χ0v) is 11.5. The fourth-order valence-corrected chi connectivity index (χ4v) is 2.95. The van der Waals surface area contributed by atoms with Crippen molar-refractivity contribution in [2.75, 3.05) is 0 Å². The monoisotopic (exact) mass is 329 g/mol. The molecule has 0 saturated heterocycles. The standard InChI is InChI=1S/C12H12INO2/c1-6(2)14-11(15)8-4-7(3)5-9(13)10(8)12(14)16/h4-6H,1-3H3. The van der Waals surface area contributed by atoms with Gasteiger partial charge in [0.1, 0.15) is 0 Å². The SMILES string of the molecule is Cc1cc(I)c2c(c1)C(=O)N(C(C)C)C2=O. The van der Waals surface area contributed by atoms with Crippen LogP contribution in [0.25, 0.3) is 0 Å². The predicted molar refractivity (Wildman–Crippen MR) is 69.5 cm³/mol. The summed E-state index contributed by atoms with van der Waals surface area (Å²) >= 11 is 2.11. The van der Waals surface area contributed by atoms with Crippen LogP contribution in [0.1, 0.15) is 40.1 Å². The number of hydrogen-bond acceptors (Lipinski definition) is 2. The second-order valence-corrected chi connectivity index (χ2v) is 5.41. The molecule has 16 heavy (non-hydrogen) atoms. The van der Waals surface area contributed by atoms with E-state index in [0.717, 1.165) is 9.13 Å². The van der Waals surface area contributed by atoms with Crippen LogP contribution in [-0.4, -0.2) is 22.8 Å². The van der Waals surface area contributed by atoms with Gasteiger partial charge in [0.25, 0.3) is 11.8 Å². The van der Waals surface area contributed by atoms with Gasteiger partial charge in [0.15, 0.2) is 0 Å². The highest BCUT2D eigenvalue weighted by Gasteiger charge is 2.38. The average Bonchev–Trinajstić information content (AvgIpc) is 2.38.